The van der Waals surface area contributed by atoms with Crippen LogP contribution in [0.2, 0.25) is 0 Å². The van der Waals surface area contributed by atoms with Gasteiger partial charge in [0, 0.05) is 12.3 Å². The highest BCUT2D eigenvalue weighted by molar-refractivity contribution is 8.00. The smallest absolute Gasteiger partial charge is 0.354 e. The molecule has 0 aromatic heterocycles. The van der Waals surface area contributed by atoms with Crippen LogP contribution in [0.3, 0.4) is 0 Å². The zero-order valence-electron chi connectivity index (χ0n) is 11.8. The number of carbonyl (C=O) groups excluding carboxylic acids is 1. The quantitative estimate of drug-likeness (QED) is 0.850. The van der Waals surface area contributed by atoms with E-state index < -0.39 is 5.97 Å². The Morgan fingerprint density at radius 2 is 2.14 bits per heavy atom. The fraction of sp³-hybridized carbons (Fsp3) is 0.333. The van der Waals surface area contributed by atoms with Crippen molar-refractivity contribution in [3.63, 3.8) is 0 Å². The van der Waals surface area contributed by atoms with Crippen LogP contribution >= 0.6 is 11.8 Å². The molecule has 2 heterocycles. The molecule has 0 bridgehead atoms. The summed E-state index contributed by atoms with van der Waals surface area (Å²) in [5.41, 5.74) is 0.665. The van der Waals surface area contributed by atoms with Crippen LogP contribution in [0.1, 0.15) is 6.42 Å². The Hall–Kier alpha value is -2.15. The molecule has 1 aromatic rings. The fourth-order valence-electron chi connectivity index (χ4n) is 2.43. The molecule has 6 nitrogen and oxygen atoms in total. The molecule has 1 saturated heterocycles. The van der Waals surface area contributed by atoms with Crippen molar-refractivity contribution in [1.82, 2.24) is 10.2 Å². The minimum atomic E-state index is -0.996. The molecule has 116 valence electrons. The first-order chi connectivity index (χ1) is 10.6. The third-order valence-electron chi connectivity index (χ3n) is 3.56. The minimum Gasteiger partial charge on any atom is -0.484 e. The molecule has 0 aliphatic carbocycles. The SMILES string of the molecule is O=C(COc1ccccc1)NC1=C(C(=O)O)N2CCC2SC1. The molecule has 22 heavy (non-hydrogen) atoms. The van der Waals surface area contributed by atoms with Gasteiger partial charge in [0.25, 0.3) is 5.91 Å². The number of thioether (sulfide) groups is 1. The summed E-state index contributed by atoms with van der Waals surface area (Å²) in [6.45, 7) is 0.577. The van der Waals surface area contributed by atoms with Gasteiger partial charge in [-0.2, -0.15) is 0 Å². The van der Waals surface area contributed by atoms with Gasteiger partial charge in [0.2, 0.25) is 0 Å². The Labute approximate surface area is 132 Å². The van der Waals surface area contributed by atoms with Gasteiger partial charge in [-0.05, 0) is 18.6 Å². The van der Waals surface area contributed by atoms with Crippen molar-refractivity contribution in [2.24, 2.45) is 0 Å². The number of ether oxygens (including phenoxy) is 1. The molecule has 1 amide bonds. The summed E-state index contributed by atoms with van der Waals surface area (Å²) in [6, 6.07) is 9.02. The average molecular weight is 320 g/mol. The highest BCUT2D eigenvalue weighted by Gasteiger charge is 2.39. The second kappa shape index (κ2) is 6.31. The molecule has 2 aliphatic heterocycles. The normalized spacial score (nSPS) is 20.0. The molecule has 0 spiro atoms. The first-order valence-corrected chi connectivity index (χ1v) is 8.02. The monoisotopic (exact) mass is 320 g/mol. The van der Waals surface area contributed by atoms with Crippen LogP contribution in [0, 0.1) is 0 Å². The maximum atomic E-state index is 12.0. The highest BCUT2D eigenvalue weighted by atomic mass is 32.2. The van der Waals surface area contributed by atoms with E-state index in [1.54, 1.807) is 23.9 Å². The van der Waals surface area contributed by atoms with Gasteiger partial charge < -0.3 is 20.1 Å². The third kappa shape index (κ3) is 3.04. The Bertz CT molecular complexity index is 617. The van der Waals surface area contributed by atoms with Gasteiger partial charge in [-0.15, -0.1) is 11.8 Å². The standard InChI is InChI=1S/C15H16N2O4S/c18-12(8-21-10-4-2-1-3-5-10)16-11-9-22-13-6-7-17(13)14(11)15(19)20/h1-5,13H,6-9H2,(H,16,18)(H,19,20). The van der Waals surface area contributed by atoms with Crippen molar-refractivity contribution in [2.75, 3.05) is 18.9 Å². The number of carbonyl (C=O) groups is 2. The van der Waals surface area contributed by atoms with Crippen molar-refractivity contribution in [2.45, 2.75) is 11.8 Å². The molecule has 2 N–H and O–H groups in total. The number of nitrogens with zero attached hydrogens (tertiary/aromatic N) is 1. The largest absolute Gasteiger partial charge is 0.484 e. The van der Waals surface area contributed by atoms with E-state index in [2.05, 4.69) is 5.32 Å². The molecule has 0 radical (unpaired) electrons. The van der Waals surface area contributed by atoms with Crippen LogP contribution in [0.5, 0.6) is 5.75 Å². The van der Waals surface area contributed by atoms with E-state index >= 15 is 0 Å². The number of carboxylic acids is 1. The summed E-state index contributed by atoms with van der Waals surface area (Å²) >= 11 is 1.65. The lowest BCUT2D eigenvalue weighted by Gasteiger charge is -2.46. The van der Waals surface area contributed by atoms with Crippen molar-refractivity contribution in [3.8, 4) is 5.75 Å². The first kappa shape index (κ1) is 14.8. The number of amides is 1. The number of aliphatic carboxylic acids is 1. The molecular formula is C15H16N2O4S. The van der Waals surface area contributed by atoms with Crippen LogP contribution in [0.25, 0.3) is 0 Å². The van der Waals surface area contributed by atoms with Gasteiger partial charge in [0.05, 0.1) is 11.1 Å². The molecule has 7 heteroatoms. The zero-order valence-corrected chi connectivity index (χ0v) is 12.6. The lowest BCUT2D eigenvalue weighted by atomic mass is 10.1. The summed E-state index contributed by atoms with van der Waals surface area (Å²) in [5.74, 6) is -0.243. The Kier molecular flexibility index (Phi) is 4.24. The first-order valence-electron chi connectivity index (χ1n) is 6.97. The Balaban J connectivity index is 1.63. The highest BCUT2D eigenvalue weighted by Crippen LogP contribution is 2.38. The molecule has 1 aromatic carbocycles. The van der Waals surface area contributed by atoms with Crippen molar-refractivity contribution >= 4 is 23.6 Å². The van der Waals surface area contributed by atoms with E-state index in [-0.39, 0.29) is 23.6 Å². The van der Waals surface area contributed by atoms with Crippen LogP contribution in [-0.4, -0.2) is 46.2 Å². The van der Waals surface area contributed by atoms with Gasteiger partial charge in [-0.3, -0.25) is 4.79 Å². The van der Waals surface area contributed by atoms with Gasteiger partial charge in [-0.1, -0.05) is 18.2 Å². The predicted molar refractivity (Wildman–Crippen MR) is 82.3 cm³/mol. The molecule has 1 atom stereocenters. The van der Waals surface area contributed by atoms with Crippen LogP contribution in [-0.2, 0) is 9.59 Å². The van der Waals surface area contributed by atoms with Gasteiger partial charge >= 0.3 is 5.97 Å². The van der Waals surface area contributed by atoms with E-state index in [1.807, 2.05) is 23.1 Å². The zero-order chi connectivity index (χ0) is 15.5. The number of nitrogens with one attached hydrogen (secondary N) is 1. The predicted octanol–water partition coefficient (Wildman–Crippen LogP) is 1.26. The number of para-hydroxylation sites is 1. The number of rotatable bonds is 5. The Morgan fingerprint density at radius 1 is 1.36 bits per heavy atom. The number of fused-ring (bicyclic) bond motifs is 1. The molecular weight excluding hydrogens is 304 g/mol. The maximum Gasteiger partial charge on any atom is 0.354 e. The van der Waals surface area contributed by atoms with Gasteiger partial charge in [0.1, 0.15) is 11.4 Å². The number of hydrogen-bond acceptors (Lipinski definition) is 5. The fourth-order valence-corrected chi connectivity index (χ4v) is 3.66. The van der Waals surface area contributed by atoms with Gasteiger partial charge in [0.15, 0.2) is 6.61 Å². The number of hydrogen-bond donors (Lipinski definition) is 2. The maximum absolute atomic E-state index is 12.0. The molecule has 0 saturated carbocycles. The van der Waals surface area contributed by atoms with Crippen molar-refractivity contribution in [3.05, 3.63) is 41.7 Å². The van der Waals surface area contributed by atoms with E-state index in [9.17, 15) is 14.7 Å². The van der Waals surface area contributed by atoms with E-state index in [4.69, 9.17) is 4.74 Å². The van der Waals surface area contributed by atoms with Crippen molar-refractivity contribution in [1.29, 1.82) is 0 Å². The Morgan fingerprint density at radius 3 is 2.77 bits per heavy atom. The second-order valence-electron chi connectivity index (χ2n) is 5.03. The summed E-state index contributed by atoms with van der Waals surface area (Å²) in [7, 11) is 0. The number of carboxylic acid groups (broad SMARTS) is 1. The molecule has 1 unspecified atom stereocenters. The lowest BCUT2D eigenvalue weighted by molar-refractivity contribution is -0.135. The van der Waals surface area contributed by atoms with Crippen molar-refractivity contribution < 1.29 is 19.4 Å². The average Bonchev–Trinajstić information content (AvgIpc) is 2.48. The topological polar surface area (TPSA) is 78.9 Å². The molecule has 3 rings (SSSR count). The lowest BCUT2D eigenvalue weighted by Crippen LogP contribution is -2.51. The van der Waals surface area contributed by atoms with E-state index in [0.717, 1.165) is 13.0 Å². The summed E-state index contributed by atoms with van der Waals surface area (Å²) < 4.78 is 5.36. The summed E-state index contributed by atoms with van der Waals surface area (Å²) in [6.07, 6.45) is 0.986. The molecule has 1 fully saturated rings. The van der Waals surface area contributed by atoms with Crippen LogP contribution in [0.4, 0.5) is 0 Å². The van der Waals surface area contributed by atoms with E-state index in [1.165, 1.54) is 0 Å². The van der Waals surface area contributed by atoms with Crippen LogP contribution < -0.4 is 10.1 Å². The van der Waals surface area contributed by atoms with Gasteiger partial charge in [-0.25, -0.2) is 4.79 Å². The van der Waals surface area contributed by atoms with Crippen LogP contribution in [0.15, 0.2) is 41.7 Å². The third-order valence-corrected chi connectivity index (χ3v) is 4.89. The summed E-state index contributed by atoms with van der Waals surface area (Å²) in [4.78, 5) is 25.2. The minimum absolute atomic E-state index is 0.144. The second-order valence-corrected chi connectivity index (χ2v) is 6.20. The summed E-state index contributed by atoms with van der Waals surface area (Å²) in [5, 5.41) is 12.3. The molecule has 2 aliphatic rings. The number of benzene rings is 1. The van der Waals surface area contributed by atoms with E-state index in [0.29, 0.717) is 17.2 Å².